The maximum absolute atomic E-state index is 3.66. The summed E-state index contributed by atoms with van der Waals surface area (Å²) < 4.78 is 0. The number of allylic oxidation sites excluding steroid dienone is 1. The van der Waals surface area contributed by atoms with Crippen molar-refractivity contribution >= 4 is 33.3 Å². The number of hydrogen-bond donors (Lipinski definition) is 0. The van der Waals surface area contributed by atoms with Crippen LogP contribution in [0.2, 0.25) is 0 Å². The van der Waals surface area contributed by atoms with Gasteiger partial charge in [0, 0.05) is 10.2 Å². The Morgan fingerprint density at radius 3 is 2.75 bits per heavy atom. The lowest BCUT2D eigenvalue weighted by atomic mass is 9.84. The van der Waals surface area contributed by atoms with Crippen molar-refractivity contribution in [3.63, 3.8) is 0 Å². The number of hydrogen-bond acceptors (Lipinski definition) is 1. The first-order valence-electron chi connectivity index (χ1n) is 6.12. The van der Waals surface area contributed by atoms with E-state index in [-0.39, 0.29) is 0 Å². The van der Waals surface area contributed by atoms with Crippen LogP contribution < -0.4 is 0 Å². The molecule has 88 valence electrons. The van der Waals surface area contributed by atoms with Crippen LogP contribution in [0.5, 0.6) is 0 Å². The molecule has 1 fully saturated rings. The number of alkyl halides is 1. The van der Waals surface area contributed by atoms with E-state index in [2.05, 4.69) is 40.4 Å². The van der Waals surface area contributed by atoms with Crippen LogP contribution in [0, 0.1) is 12.8 Å². The molecule has 1 aliphatic rings. The summed E-state index contributed by atoms with van der Waals surface area (Å²) in [4.78, 5) is 1.44. The van der Waals surface area contributed by atoms with Crippen LogP contribution in [0.25, 0.3) is 6.08 Å². The Hall–Kier alpha value is -0.0800. The second kappa shape index (κ2) is 6.02. The van der Waals surface area contributed by atoms with Gasteiger partial charge >= 0.3 is 0 Å². The first-order chi connectivity index (χ1) is 7.81. The van der Waals surface area contributed by atoms with Crippen molar-refractivity contribution in [3.8, 4) is 0 Å². The Balaban J connectivity index is 2.14. The average Bonchev–Trinajstić information content (AvgIpc) is 2.73. The molecule has 1 aliphatic carbocycles. The molecule has 0 nitrogen and oxygen atoms in total. The summed E-state index contributed by atoms with van der Waals surface area (Å²) in [5.41, 5.74) is 3.02. The fraction of sp³-hybridized carbons (Fsp3) is 0.571. The number of thiophene rings is 1. The van der Waals surface area contributed by atoms with Crippen LogP contribution >= 0.6 is 27.3 Å². The highest BCUT2D eigenvalue weighted by atomic mass is 79.9. The molecule has 1 saturated carbocycles. The van der Waals surface area contributed by atoms with Gasteiger partial charge in [0.25, 0.3) is 0 Å². The predicted molar refractivity (Wildman–Crippen MR) is 77.4 cm³/mol. The Labute approximate surface area is 111 Å². The van der Waals surface area contributed by atoms with Gasteiger partial charge in [-0.3, -0.25) is 0 Å². The normalized spacial score (nSPS) is 19.0. The summed E-state index contributed by atoms with van der Waals surface area (Å²) in [5.74, 6) is 0.828. The largest absolute Gasteiger partial charge is 0.144 e. The quantitative estimate of drug-likeness (QED) is 0.654. The number of aryl methyl sites for hydroxylation is 1. The molecule has 2 rings (SSSR count). The van der Waals surface area contributed by atoms with E-state index in [9.17, 15) is 0 Å². The van der Waals surface area contributed by atoms with Crippen LogP contribution in [-0.2, 0) is 0 Å². The average molecular weight is 299 g/mol. The van der Waals surface area contributed by atoms with E-state index in [0.29, 0.717) is 0 Å². The SMILES string of the molecule is Cc1ccsc1C=C(CBr)C1CCCCC1. The van der Waals surface area contributed by atoms with E-state index in [1.807, 2.05) is 11.3 Å². The van der Waals surface area contributed by atoms with Crippen molar-refractivity contribution in [1.82, 2.24) is 0 Å². The number of rotatable bonds is 3. The molecular formula is C14H19BrS. The van der Waals surface area contributed by atoms with E-state index >= 15 is 0 Å². The van der Waals surface area contributed by atoms with Gasteiger partial charge in [0.1, 0.15) is 0 Å². The van der Waals surface area contributed by atoms with Gasteiger partial charge in [-0.25, -0.2) is 0 Å². The number of halogens is 1. The lowest BCUT2D eigenvalue weighted by molar-refractivity contribution is 0.405. The summed E-state index contributed by atoms with van der Waals surface area (Å²) >= 11 is 5.52. The maximum atomic E-state index is 3.66. The van der Waals surface area contributed by atoms with Gasteiger partial charge in [-0.2, -0.15) is 0 Å². The molecular weight excluding hydrogens is 280 g/mol. The van der Waals surface area contributed by atoms with Gasteiger partial charge in [-0.05, 0) is 48.8 Å². The van der Waals surface area contributed by atoms with Crippen LogP contribution in [0.4, 0.5) is 0 Å². The van der Waals surface area contributed by atoms with Gasteiger partial charge in [0.05, 0.1) is 0 Å². The lowest BCUT2D eigenvalue weighted by Gasteiger charge is -2.23. The molecule has 2 heteroatoms. The fourth-order valence-electron chi connectivity index (χ4n) is 2.44. The van der Waals surface area contributed by atoms with Crippen LogP contribution in [0.3, 0.4) is 0 Å². The second-order valence-electron chi connectivity index (χ2n) is 4.66. The third-order valence-electron chi connectivity index (χ3n) is 3.50. The Kier molecular flexibility index (Phi) is 4.66. The molecule has 0 aromatic carbocycles. The minimum atomic E-state index is 0.828. The first-order valence-corrected chi connectivity index (χ1v) is 8.12. The third-order valence-corrected chi connectivity index (χ3v) is 5.12. The van der Waals surface area contributed by atoms with Crippen molar-refractivity contribution < 1.29 is 0 Å². The summed E-state index contributed by atoms with van der Waals surface area (Å²) in [6.45, 7) is 2.20. The molecule has 0 atom stereocenters. The van der Waals surface area contributed by atoms with Crippen LogP contribution in [-0.4, -0.2) is 5.33 Å². The molecule has 0 N–H and O–H groups in total. The molecule has 0 unspecified atom stereocenters. The zero-order valence-electron chi connectivity index (χ0n) is 9.84. The van der Waals surface area contributed by atoms with Gasteiger partial charge in [0.2, 0.25) is 0 Å². The third kappa shape index (κ3) is 2.98. The topological polar surface area (TPSA) is 0 Å². The molecule has 16 heavy (non-hydrogen) atoms. The Bertz CT molecular complexity index is 359. The summed E-state index contributed by atoms with van der Waals surface area (Å²) in [7, 11) is 0. The fourth-order valence-corrected chi connectivity index (χ4v) is 3.95. The van der Waals surface area contributed by atoms with Gasteiger partial charge in [-0.15, -0.1) is 11.3 Å². The molecule has 0 spiro atoms. The van der Waals surface area contributed by atoms with E-state index < -0.39 is 0 Å². The summed E-state index contributed by atoms with van der Waals surface area (Å²) in [6.07, 6.45) is 9.47. The molecule has 0 amide bonds. The maximum Gasteiger partial charge on any atom is 0.0299 e. The van der Waals surface area contributed by atoms with Crippen molar-refractivity contribution in [1.29, 1.82) is 0 Å². The van der Waals surface area contributed by atoms with Crippen molar-refractivity contribution in [2.45, 2.75) is 39.0 Å². The zero-order chi connectivity index (χ0) is 11.4. The molecule has 0 bridgehead atoms. The molecule has 1 heterocycles. The molecule has 1 aromatic heterocycles. The van der Waals surface area contributed by atoms with Crippen molar-refractivity contribution in [3.05, 3.63) is 27.5 Å². The van der Waals surface area contributed by atoms with E-state index in [1.54, 1.807) is 5.57 Å². The highest BCUT2D eigenvalue weighted by molar-refractivity contribution is 9.09. The lowest BCUT2D eigenvalue weighted by Crippen LogP contribution is -2.09. The summed E-state index contributed by atoms with van der Waals surface area (Å²) in [5, 5.41) is 3.23. The highest BCUT2D eigenvalue weighted by Gasteiger charge is 2.17. The Morgan fingerprint density at radius 1 is 1.44 bits per heavy atom. The van der Waals surface area contributed by atoms with Crippen LogP contribution in [0.15, 0.2) is 17.0 Å². The minimum absolute atomic E-state index is 0.828. The zero-order valence-corrected chi connectivity index (χ0v) is 12.2. The molecule has 0 aliphatic heterocycles. The molecule has 0 radical (unpaired) electrons. The van der Waals surface area contributed by atoms with E-state index in [4.69, 9.17) is 0 Å². The predicted octanol–water partition coefficient (Wildman–Crippen LogP) is 5.42. The monoisotopic (exact) mass is 298 g/mol. The highest BCUT2D eigenvalue weighted by Crippen LogP contribution is 2.32. The minimum Gasteiger partial charge on any atom is -0.144 e. The van der Waals surface area contributed by atoms with Crippen molar-refractivity contribution in [2.24, 2.45) is 5.92 Å². The van der Waals surface area contributed by atoms with Gasteiger partial charge < -0.3 is 0 Å². The van der Waals surface area contributed by atoms with E-state index in [1.165, 1.54) is 42.5 Å². The Morgan fingerprint density at radius 2 is 2.19 bits per heavy atom. The second-order valence-corrected chi connectivity index (χ2v) is 6.16. The van der Waals surface area contributed by atoms with Gasteiger partial charge in [0.15, 0.2) is 0 Å². The van der Waals surface area contributed by atoms with Crippen molar-refractivity contribution in [2.75, 3.05) is 5.33 Å². The van der Waals surface area contributed by atoms with Crippen LogP contribution in [0.1, 0.15) is 42.5 Å². The standard InChI is InChI=1S/C14H19BrS/c1-11-7-8-16-14(11)9-13(10-15)12-5-3-2-4-6-12/h7-9,12H,2-6,10H2,1H3. The first kappa shape index (κ1) is 12.4. The molecule has 1 aromatic rings. The van der Waals surface area contributed by atoms with Gasteiger partial charge in [-0.1, -0.05) is 40.8 Å². The smallest absolute Gasteiger partial charge is 0.0299 e. The molecule has 0 saturated heterocycles. The van der Waals surface area contributed by atoms with E-state index in [0.717, 1.165) is 11.2 Å². The summed E-state index contributed by atoms with van der Waals surface area (Å²) in [6, 6.07) is 2.21.